The number of hydrogen-bond acceptors (Lipinski definition) is 2. The number of ether oxygens (including phenoxy) is 2. The van der Waals surface area contributed by atoms with Crippen LogP contribution in [0.3, 0.4) is 0 Å². The van der Waals surface area contributed by atoms with Crippen LogP contribution in [0.15, 0.2) is 12.7 Å². The van der Waals surface area contributed by atoms with Crippen molar-refractivity contribution >= 4 is 0 Å². The highest BCUT2D eigenvalue weighted by Crippen LogP contribution is 2.20. The maximum Gasteiger partial charge on any atom is 0.107 e. The van der Waals surface area contributed by atoms with Crippen molar-refractivity contribution in [1.29, 1.82) is 0 Å². The molecule has 0 amide bonds. The predicted molar refractivity (Wildman–Crippen MR) is 55.9 cm³/mol. The van der Waals surface area contributed by atoms with Crippen molar-refractivity contribution in [3.05, 3.63) is 12.7 Å². The second-order valence-electron chi connectivity index (χ2n) is 3.46. The van der Waals surface area contributed by atoms with Gasteiger partial charge in [-0.25, -0.2) is 0 Å². The number of allylic oxidation sites excluding steroid dienone is 1. The molecule has 0 spiro atoms. The molecule has 1 saturated heterocycles. The highest BCUT2D eigenvalue weighted by molar-refractivity contribution is 4.79. The van der Waals surface area contributed by atoms with Gasteiger partial charge in [-0.15, -0.1) is 6.58 Å². The number of hydrogen-bond donors (Lipinski definition) is 0. The zero-order chi connectivity index (χ0) is 10.3. The van der Waals surface area contributed by atoms with Gasteiger partial charge in [0.15, 0.2) is 0 Å². The maximum atomic E-state index is 5.03. The standard InChI is InChI=1S/C6H12.C5H10O2/c1-4-6(3)5-2;1-4-5(7-4)3-6-2/h4,6H,1,5H2,2-3H3;4-5H,3H2,1-2H3. The zero-order valence-electron chi connectivity index (χ0n) is 9.25. The van der Waals surface area contributed by atoms with Crippen LogP contribution in [0.2, 0.25) is 0 Å². The molecule has 0 N–H and O–H groups in total. The third-order valence-corrected chi connectivity index (χ3v) is 2.21. The van der Waals surface area contributed by atoms with Crippen molar-refractivity contribution < 1.29 is 9.47 Å². The molecule has 3 atom stereocenters. The Morgan fingerprint density at radius 3 is 2.23 bits per heavy atom. The maximum absolute atomic E-state index is 5.03. The molecule has 0 saturated carbocycles. The van der Waals surface area contributed by atoms with Crippen LogP contribution in [0, 0.1) is 5.92 Å². The first-order chi connectivity index (χ1) is 6.15. The molecule has 0 aromatic carbocycles. The minimum Gasteiger partial charge on any atom is -0.382 e. The molecule has 0 aromatic heterocycles. The fourth-order valence-electron chi connectivity index (χ4n) is 0.736. The van der Waals surface area contributed by atoms with E-state index in [1.165, 1.54) is 6.42 Å². The van der Waals surface area contributed by atoms with E-state index in [0.29, 0.717) is 18.1 Å². The Hall–Kier alpha value is -0.340. The second-order valence-corrected chi connectivity index (χ2v) is 3.46. The van der Waals surface area contributed by atoms with Crippen molar-refractivity contribution in [3.63, 3.8) is 0 Å². The minimum atomic E-state index is 0.394. The zero-order valence-corrected chi connectivity index (χ0v) is 9.25. The van der Waals surface area contributed by atoms with Crippen molar-refractivity contribution in [2.24, 2.45) is 5.92 Å². The van der Waals surface area contributed by atoms with Crippen molar-refractivity contribution in [2.45, 2.75) is 39.4 Å². The lowest BCUT2D eigenvalue weighted by molar-refractivity contribution is 0.171. The summed E-state index contributed by atoms with van der Waals surface area (Å²) in [6, 6.07) is 0. The van der Waals surface area contributed by atoms with E-state index in [1.54, 1.807) is 7.11 Å². The molecule has 0 aliphatic carbocycles. The first-order valence-corrected chi connectivity index (χ1v) is 4.92. The van der Waals surface area contributed by atoms with Crippen LogP contribution in [0.1, 0.15) is 27.2 Å². The van der Waals surface area contributed by atoms with Crippen LogP contribution in [-0.4, -0.2) is 25.9 Å². The number of rotatable bonds is 4. The Labute approximate surface area is 81.9 Å². The Bertz CT molecular complexity index is 134. The molecule has 78 valence electrons. The lowest BCUT2D eigenvalue weighted by Crippen LogP contribution is -1.98. The molecule has 13 heavy (non-hydrogen) atoms. The molecule has 1 aliphatic heterocycles. The van der Waals surface area contributed by atoms with Gasteiger partial charge in [-0.1, -0.05) is 26.3 Å². The Kier molecular flexibility index (Phi) is 6.92. The van der Waals surface area contributed by atoms with Crippen molar-refractivity contribution in [3.8, 4) is 0 Å². The van der Waals surface area contributed by atoms with Crippen LogP contribution in [0.4, 0.5) is 0 Å². The first kappa shape index (κ1) is 12.7. The summed E-state index contributed by atoms with van der Waals surface area (Å²) in [5.41, 5.74) is 0. The summed E-state index contributed by atoms with van der Waals surface area (Å²) in [5.74, 6) is 0.699. The van der Waals surface area contributed by atoms with Crippen LogP contribution in [0.25, 0.3) is 0 Å². The highest BCUT2D eigenvalue weighted by atomic mass is 16.6. The SMILES string of the molecule is C=CC(C)CC.COCC1OC1C. The quantitative estimate of drug-likeness (QED) is 0.497. The number of methoxy groups -OCH3 is 1. The summed E-state index contributed by atoms with van der Waals surface area (Å²) in [7, 11) is 1.69. The minimum absolute atomic E-state index is 0.394. The summed E-state index contributed by atoms with van der Waals surface area (Å²) in [6.45, 7) is 10.7. The lowest BCUT2D eigenvalue weighted by Gasteiger charge is -1.93. The molecule has 0 aromatic rings. The molecule has 1 fully saturated rings. The monoisotopic (exact) mass is 186 g/mol. The van der Waals surface area contributed by atoms with Gasteiger partial charge >= 0.3 is 0 Å². The second kappa shape index (κ2) is 7.10. The Balaban J connectivity index is 0.000000226. The van der Waals surface area contributed by atoms with Crippen LogP contribution < -0.4 is 0 Å². The van der Waals surface area contributed by atoms with E-state index in [-0.39, 0.29) is 0 Å². The largest absolute Gasteiger partial charge is 0.382 e. The van der Waals surface area contributed by atoms with Gasteiger partial charge in [0, 0.05) is 7.11 Å². The molecule has 1 rings (SSSR count). The lowest BCUT2D eigenvalue weighted by atomic mass is 10.1. The molecular formula is C11H22O2. The van der Waals surface area contributed by atoms with Crippen LogP contribution in [-0.2, 0) is 9.47 Å². The van der Waals surface area contributed by atoms with E-state index in [0.717, 1.165) is 6.61 Å². The van der Waals surface area contributed by atoms with Gasteiger partial charge in [-0.3, -0.25) is 0 Å². The summed E-state index contributed by atoms with van der Waals surface area (Å²) in [4.78, 5) is 0. The van der Waals surface area contributed by atoms with E-state index in [1.807, 2.05) is 13.0 Å². The Morgan fingerprint density at radius 2 is 2.15 bits per heavy atom. The molecule has 0 bridgehead atoms. The fourth-order valence-corrected chi connectivity index (χ4v) is 0.736. The van der Waals surface area contributed by atoms with Gasteiger partial charge in [0.1, 0.15) is 6.10 Å². The van der Waals surface area contributed by atoms with Gasteiger partial charge in [-0.05, 0) is 12.8 Å². The van der Waals surface area contributed by atoms with E-state index in [2.05, 4.69) is 20.4 Å². The van der Waals surface area contributed by atoms with Gasteiger partial charge in [0.25, 0.3) is 0 Å². The summed E-state index contributed by atoms with van der Waals surface area (Å²) in [5, 5.41) is 0. The van der Waals surface area contributed by atoms with E-state index in [9.17, 15) is 0 Å². The highest BCUT2D eigenvalue weighted by Gasteiger charge is 2.33. The average Bonchev–Trinajstić information content (AvgIpc) is 2.82. The normalized spacial score (nSPS) is 27.1. The van der Waals surface area contributed by atoms with E-state index < -0.39 is 0 Å². The molecule has 1 heterocycles. The average molecular weight is 186 g/mol. The van der Waals surface area contributed by atoms with Crippen molar-refractivity contribution in [1.82, 2.24) is 0 Å². The number of epoxide rings is 1. The molecule has 3 unspecified atom stereocenters. The molecule has 1 aliphatic rings. The van der Waals surface area contributed by atoms with Gasteiger partial charge in [-0.2, -0.15) is 0 Å². The van der Waals surface area contributed by atoms with E-state index >= 15 is 0 Å². The third kappa shape index (κ3) is 6.79. The van der Waals surface area contributed by atoms with E-state index in [4.69, 9.17) is 9.47 Å². The first-order valence-electron chi connectivity index (χ1n) is 4.92. The topological polar surface area (TPSA) is 21.8 Å². The molecule has 2 nitrogen and oxygen atoms in total. The van der Waals surface area contributed by atoms with Crippen LogP contribution in [0.5, 0.6) is 0 Å². The van der Waals surface area contributed by atoms with Gasteiger partial charge < -0.3 is 9.47 Å². The van der Waals surface area contributed by atoms with Crippen molar-refractivity contribution in [2.75, 3.05) is 13.7 Å². The smallest absolute Gasteiger partial charge is 0.107 e. The third-order valence-electron chi connectivity index (χ3n) is 2.21. The molecule has 0 radical (unpaired) electrons. The molecular weight excluding hydrogens is 164 g/mol. The Morgan fingerprint density at radius 1 is 1.62 bits per heavy atom. The summed E-state index contributed by atoms with van der Waals surface area (Å²) in [6.07, 6.45) is 4.02. The predicted octanol–water partition coefficient (Wildman–Crippen LogP) is 2.64. The van der Waals surface area contributed by atoms with Gasteiger partial charge in [0.2, 0.25) is 0 Å². The summed E-state index contributed by atoms with van der Waals surface area (Å²) >= 11 is 0. The molecule has 2 heteroatoms. The fraction of sp³-hybridized carbons (Fsp3) is 0.818. The van der Waals surface area contributed by atoms with Gasteiger partial charge in [0.05, 0.1) is 12.7 Å². The van der Waals surface area contributed by atoms with Crippen LogP contribution >= 0.6 is 0 Å². The summed E-state index contributed by atoms with van der Waals surface area (Å²) < 4.78 is 9.84.